The molecule has 0 aliphatic heterocycles. The van der Waals surface area contributed by atoms with Crippen LogP contribution in [0.4, 0.5) is 5.69 Å². The number of carbonyl (C=O) groups is 1. The normalized spacial score (nSPS) is 12.6. The Bertz CT molecular complexity index is 649. The monoisotopic (exact) mass is 306 g/mol. The second-order valence-corrected chi connectivity index (χ2v) is 6.49. The lowest BCUT2D eigenvalue weighted by Gasteiger charge is -2.20. The van der Waals surface area contributed by atoms with Crippen molar-refractivity contribution in [3.05, 3.63) is 23.1 Å². The number of hydrogen-bond donors (Lipinski definition) is 2. The number of nitrogens with two attached hydrogens (primary N) is 1. The lowest BCUT2D eigenvalue weighted by atomic mass is 10.0. The smallest absolute Gasteiger partial charge is 0.263 e. The van der Waals surface area contributed by atoms with E-state index in [2.05, 4.69) is 26.1 Å². The van der Waals surface area contributed by atoms with Gasteiger partial charge < -0.3 is 15.8 Å². The maximum atomic E-state index is 12.5. The zero-order valence-corrected chi connectivity index (χ0v) is 13.7. The highest BCUT2D eigenvalue weighted by atomic mass is 32.1. The van der Waals surface area contributed by atoms with Crippen LogP contribution in [0, 0.1) is 5.92 Å². The quantitative estimate of drug-likeness (QED) is 0.886. The molecule has 0 saturated heterocycles. The molecule has 2 rings (SSSR count). The average Bonchev–Trinajstić information content (AvgIpc) is 2.80. The fraction of sp³-hybridized carbons (Fsp3) is 0.438. The molecule has 0 fully saturated rings. The molecule has 1 aromatic carbocycles. The standard InChI is InChI=1S/C16H22N2O2S/c1-5-12(9(2)3)18-16(19)15-14(17)11-7-6-10(20-4)8-13(11)21-15/h6-9,12H,5,17H2,1-4H3,(H,18,19). The second kappa shape index (κ2) is 6.35. The Labute approximate surface area is 129 Å². The number of thiophene rings is 1. The number of carbonyl (C=O) groups excluding carboxylic acids is 1. The third-order valence-electron chi connectivity index (χ3n) is 3.70. The van der Waals surface area contributed by atoms with E-state index in [0.717, 1.165) is 22.3 Å². The van der Waals surface area contributed by atoms with Crippen molar-refractivity contribution in [2.24, 2.45) is 5.92 Å². The van der Waals surface area contributed by atoms with Crippen molar-refractivity contribution in [1.29, 1.82) is 0 Å². The molecular weight excluding hydrogens is 284 g/mol. The molecule has 0 radical (unpaired) electrons. The Kier molecular flexibility index (Phi) is 4.73. The van der Waals surface area contributed by atoms with E-state index in [9.17, 15) is 4.79 Å². The molecule has 0 saturated carbocycles. The summed E-state index contributed by atoms with van der Waals surface area (Å²) < 4.78 is 6.18. The third kappa shape index (κ3) is 3.13. The minimum atomic E-state index is -0.0896. The van der Waals surface area contributed by atoms with Crippen LogP contribution in [-0.2, 0) is 0 Å². The van der Waals surface area contributed by atoms with Crippen molar-refractivity contribution in [2.45, 2.75) is 33.2 Å². The van der Waals surface area contributed by atoms with E-state index < -0.39 is 0 Å². The fourth-order valence-electron chi connectivity index (χ4n) is 2.37. The zero-order valence-electron chi connectivity index (χ0n) is 12.9. The molecule has 1 amide bonds. The van der Waals surface area contributed by atoms with Gasteiger partial charge >= 0.3 is 0 Å². The molecule has 0 aliphatic rings. The van der Waals surface area contributed by atoms with E-state index in [0.29, 0.717) is 16.5 Å². The summed E-state index contributed by atoms with van der Waals surface area (Å²) in [6, 6.07) is 5.83. The Morgan fingerprint density at radius 2 is 2.14 bits per heavy atom. The van der Waals surface area contributed by atoms with Crippen LogP contribution in [0.25, 0.3) is 10.1 Å². The molecule has 0 aliphatic carbocycles. The van der Waals surface area contributed by atoms with Crippen LogP contribution >= 0.6 is 11.3 Å². The van der Waals surface area contributed by atoms with Crippen LogP contribution in [0.5, 0.6) is 5.75 Å². The number of rotatable bonds is 5. The summed E-state index contributed by atoms with van der Waals surface area (Å²) in [7, 11) is 1.63. The highest BCUT2D eigenvalue weighted by Crippen LogP contribution is 2.35. The fourth-order valence-corrected chi connectivity index (χ4v) is 3.42. The van der Waals surface area contributed by atoms with Crippen LogP contribution in [0.2, 0.25) is 0 Å². The van der Waals surface area contributed by atoms with Gasteiger partial charge in [-0.3, -0.25) is 4.79 Å². The predicted molar refractivity (Wildman–Crippen MR) is 89.2 cm³/mol. The number of fused-ring (bicyclic) bond motifs is 1. The first kappa shape index (κ1) is 15.6. The van der Waals surface area contributed by atoms with E-state index in [4.69, 9.17) is 10.5 Å². The summed E-state index contributed by atoms with van der Waals surface area (Å²) in [5.41, 5.74) is 6.68. The van der Waals surface area contributed by atoms with Gasteiger partial charge in [0.15, 0.2) is 0 Å². The van der Waals surface area contributed by atoms with Gasteiger partial charge in [0.2, 0.25) is 0 Å². The lowest BCUT2D eigenvalue weighted by molar-refractivity contribution is 0.0929. The van der Waals surface area contributed by atoms with Gasteiger partial charge in [-0.1, -0.05) is 20.8 Å². The molecular formula is C16H22N2O2S. The van der Waals surface area contributed by atoms with Crippen molar-refractivity contribution in [3.8, 4) is 5.75 Å². The summed E-state index contributed by atoms with van der Waals surface area (Å²) >= 11 is 1.41. The van der Waals surface area contributed by atoms with E-state index in [1.54, 1.807) is 7.11 Å². The molecule has 3 N–H and O–H groups in total. The van der Waals surface area contributed by atoms with Crippen molar-refractivity contribution in [1.82, 2.24) is 5.32 Å². The van der Waals surface area contributed by atoms with Crippen molar-refractivity contribution >= 4 is 33.0 Å². The molecule has 0 bridgehead atoms. The van der Waals surface area contributed by atoms with Gasteiger partial charge in [0.1, 0.15) is 10.6 Å². The Morgan fingerprint density at radius 1 is 1.43 bits per heavy atom. The number of ether oxygens (including phenoxy) is 1. The van der Waals surface area contributed by atoms with Gasteiger partial charge in [0.25, 0.3) is 5.91 Å². The number of benzene rings is 1. The Balaban J connectivity index is 2.33. The van der Waals surface area contributed by atoms with Crippen molar-refractivity contribution in [3.63, 3.8) is 0 Å². The van der Waals surface area contributed by atoms with E-state index in [-0.39, 0.29) is 11.9 Å². The van der Waals surface area contributed by atoms with Gasteiger partial charge in [-0.15, -0.1) is 11.3 Å². The molecule has 21 heavy (non-hydrogen) atoms. The molecule has 1 aromatic heterocycles. The van der Waals surface area contributed by atoms with Crippen LogP contribution in [0.1, 0.15) is 36.9 Å². The van der Waals surface area contributed by atoms with Crippen molar-refractivity contribution < 1.29 is 9.53 Å². The molecule has 1 atom stereocenters. The molecule has 1 heterocycles. The number of methoxy groups -OCH3 is 1. The summed E-state index contributed by atoms with van der Waals surface area (Å²) in [4.78, 5) is 13.0. The molecule has 4 nitrogen and oxygen atoms in total. The zero-order chi connectivity index (χ0) is 15.6. The summed E-state index contributed by atoms with van der Waals surface area (Å²) in [6.45, 7) is 6.28. The largest absolute Gasteiger partial charge is 0.497 e. The van der Waals surface area contributed by atoms with Gasteiger partial charge in [0.05, 0.1) is 12.8 Å². The highest BCUT2D eigenvalue weighted by Gasteiger charge is 2.20. The van der Waals surface area contributed by atoms with Gasteiger partial charge in [-0.2, -0.15) is 0 Å². The second-order valence-electron chi connectivity index (χ2n) is 5.44. The van der Waals surface area contributed by atoms with E-state index in [1.165, 1.54) is 11.3 Å². The number of nitrogen functional groups attached to an aromatic ring is 1. The maximum absolute atomic E-state index is 12.5. The van der Waals surface area contributed by atoms with Gasteiger partial charge in [-0.25, -0.2) is 0 Å². The summed E-state index contributed by atoms with van der Waals surface area (Å²) in [5, 5.41) is 3.98. The van der Waals surface area contributed by atoms with Gasteiger partial charge in [0, 0.05) is 16.1 Å². The first-order chi connectivity index (χ1) is 9.97. The first-order valence-corrected chi connectivity index (χ1v) is 7.96. The minimum absolute atomic E-state index is 0.0896. The number of nitrogens with one attached hydrogen (secondary N) is 1. The van der Waals surface area contributed by atoms with Gasteiger partial charge in [-0.05, 0) is 30.5 Å². The van der Waals surface area contributed by atoms with Crippen LogP contribution in [0.15, 0.2) is 18.2 Å². The maximum Gasteiger partial charge on any atom is 0.263 e. The van der Waals surface area contributed by atoms with Crippen LogP contribution in [-0.4, -0.2) is 19.1 Å². The minimum Gasteiger partial charge on any atom is -0.497 e. The average molecular weight is 306 g/mol. The number of amides is 1. The molecule has 1 unspecified atom stereocenters. The highest BCUT2D eigenvalue weighted by molar-refractivity contribution is 7.21. The molecule has 114 valence electrons. The number of anilines is 1. The summed E-state index contributed by atoms with van der Waals surface area (Å²) in [5.74, 6) is 1.08. The van der Waals surface area contributed by atoms with E-state index in [1.807, 2.05) is 18.2 Å². The lowest BCUT2D eigenvalue weighted by Crippen LogP contribution is -2.37. The SMILES string of the molecule is CCC(NC(=O)c1sc2cc(OC)ccc2c1N)C(C)C. The van der Waals surface area contributed by atoms with Crippen LogP contribution in [0.3, 0.4) is 0 Å². The first-order valence-electron chi connectivity index (χ1n) is 7.14. The van der Waals surface area contributed by atoms with Crippen LogP contribution < -0.4 is 15.8 Å². The Hall–Kier alpha value is -1.75. The summed E-state index contributed by atoms with van der Waals surface area (Å²) in [6.07, 6.45) is 0.905. The molecule has 5 heteroatoms. The molecule has 0 spiro atoms. The Morgan fingerprint density at radius 3 is 2.71 bits per heavy atom. The predicted octanol–water partition coefficient (Wildman–Crippen LogP) is 3.66. The topological polar surface area (TPSA) is 64.3 Å². The number of hydrogen-bond acceptors (Lipinski definition) is 4. The molecule has 2 aromatic rings. The third-order valence-corrected chi connectivity index (χ3v) is 4.87. The van der Waals surface area contributed by atoms with E-state index >= 15 is 0 Å². The van der Waals surface area contributed by atoms with Crippen molar-refractivity contribution in [2.75, 3.05) is 12.8 Å².